The molecule has 3 nitrogen and oxygen atoms in total. The molecule has 0 amide bonds. The van der Waals surface area contributed by atoms with Crippen LogP contribution in [0.2, 0.25) is 0 Å². The molecule has 0 saturated carbocycles. The van der Waals surface area contributed by atoms with Gasteiger partial charge in [0.1, 0.15) is 5.52 Å². The second-order valence-electron chi connectivity index (χ2n) is 3.35. The number of halogens is 1. The minimum Gasteiger partial charge on any atom is -0.435 e. The first-order chi connectivity index (χ1) is 7.72. The van der Waals surface area contributed by atoms with Gasteiger partial charge in [0, 0.05) is 5.69 Å². The van der Waals surface area contributed by atoms with Gasteiger partial charge in [-0.1, -0.05) is 0 Å². The molecular formula is C11H7BrN2OS. The molecule has 5 heteroatoms. The van der Waals surface area contributed by atoms with Gasteiger partial charge in [-0.3, -0.25) is 0 Å². The standard InChI is InChI=1S/C11H7BrN2OS/c12-10-4-3-9(16-10)11-14-7-5-6(13)1-2-8(7)15-11/h1-5H,13H2. The first-order valence-corrected chi connectivity index (χ1v) is 6.25. The van der Waals surface area contributed by atoms with Crippen LogP contribution in [0.5, 0.6) is 0 Å². The Kier molecular flexibility index (Phi) is 2.22. The topological polar surface area (TPSA) is 52.0 Å². The van der Waals surface area contributed by atoms with E-state index in [1.54, 1.807) is 11.3 Å². The molecule has 2 aromatic heterocycles. The molecule has 0 aliphatic carbocycles. The third-order valence-corrected chi connectivity index (χ3v) is 3.81. The Labute approximate surface area is 104 Å². The number of hydrogen-bond donors (Lipinski definition) is 1. The molecule has 0 fully saturated rings. The van der Waals surface area contributed by atoms with E-state index in [9.17, 15) is 0 Å². The van der Waals surface area contributed by atoms with Gasteiger partial charge in [0.15, 0.2) is 5.58 Å². The van der Waals surface area contributed by atoms with Gasteiger partial charge < -0.3 is 10.2 Å². The van der Waals surface area contributed by atoms with Gasteiger partial charge in [-0.2, -0.15) is 0 Å². The Hall–Kier alpha value is -1.33. The van der Waals surface area contributed by atoms with Gasteiger partial charge in [0.25, 0.3) is 0 Å². The van der Waals surface area contributed by atoms with Crippen molar-refractivity contribution in [1.29, 1.82) is 0 Å². The molecule has 0 bridgehead atoms. The van der Waals surface area contributed by atoms with E-state index in [0.29, 0.717) is 11.6 Å². The van der Waals surface area contributed by atoms with E-state index in [2.05, 4.69) is 20.9 Å². The van der Waals surface area contributed by atoms with E-state index >= 15 is 0 Å². The third-order valence-electron chi connectivity index (χ3n) is 2.20. The summed E-state index contributed by atoms with van der Waals surface area (Å²) < 4.78 is 6.70. The molecule has 0 spiro atoms. The van der Waals surface area contributed by atoms with Crippen LogP contribution in [0.25, 0.3) is 21.9 Å². The average Bonchev–Trinajstić information content (AvgIpc) is 2.83. The number of aromatic nitrogens is 1. The zero-order valence-corrected chi connectivity index (χ0v) is 10.5. The highest BCUT2D eigenvalue weighted by molar-refractivity contribution is 9.11. The summed E-state index contributed by atoms with van der Waals surface area (Å²) in [6.45, 7) is 0. The monoisotopic (exact) mass is 294 g/mol. The molecule has 16 heavy (non-hydrogen) atoms. The number of hydrogen-bond acceptors (Lipinski definition) is 4. The third kappa shape index (κ3) is 1.62. The van der Waals surface area contributed by atoms with Gasteiger partial charge in [0.2, 0.25) is 5.89 Å². The number of nitrogen functional groups attached to an aromatic ring is 1. The first kappa shape index (κ1) is 9.86. The molecule has 2 N–H and O–H groups in total. The van der Waals surface area contributed by atoms with Gasteiger partial charge in [-0.15, -0.1) is 11.3 Å². The summed E-state index contributed by atoms with van der Waals surface area (Å²) >= 11 is 5.00. The SMILES string of the molecule is Nc1ccc2oc(-c3ccc(Br)s3)nc2c1. The zero-order valence-electron chi connectivity index (χ0n) is 8.11. The number of benzene rings is 1. The number of anilines is 1. The maximum atomic E-state index is 5.69. The fourth-order valence-electron chi connectivity index (χ4n) is 1.48. The summed E-state index contributed by atoms with van der Waals surface area (Å²) in [5.41, 5.74) is 7.93. The van der Waals surface area contributed by atoms with Crippen molar-refractivity contribution in [2.45, 2.75) is 0 Å². The van der Waals surface area contributed by atoms with E-state index in [1.165, 1.54) is 0 Å². The fourth-order valence-corrected chi connectivity index (χ4v) is 2.79. The van der Waals surface area contributed by atoms with Crippen LogP contribution < -0.4 is 5.73 Å². The number of nitrogens with zero attached hydrogens (tertiary/aromatic N) is 1. The summed E-state index contributed by atoms with van der Waals surface area (Å²) in [4.78, 5) is 5.40. The number of rotatable bonds is 1. The van der Waals surface area contributed by atoms with Gasteiger partial charge in [-0.25, -0.2) is 4.98 Å². The van der Waals surface area contributed by atoms with Crippen molar-refractivity contribution in [3.8, 4) is 10.8 Å². The average molecular weight is 295 g/mol. The van der Waals surface area contributed by atoms with E-state index in [1.807, 2.05) is 30.3 Å². The summed E-state index contributed by atoms with van der Waals surface area (Å²) in [7, 11) is 0. The molecule has 0 aliphatic heterocycles. The lowest BCUT2D eigenvalue weighted by Crippen LogP contribution is -1.82. The fraction of sp³-hybridized carbons (Fsp3) is 0. The molecule has 3 aromatic rings. The van der Waals surface area contributed by atoms with Crippen molar-refractivity contribution in [3.05, 3.63) is 34.1 Å². The lowest BCUT2D eigenvalue weighted by atomic mass is 10.3. The second kappa shape index (κ2) is 3.61. The Morgan fingerprint density at radius 3 is 2.88 bits per heavy atom. The smallest absolute Gasteiger partial charge is 0.237 e. The molecular weight excluding hydrogens is 288 g/mol. The van der Waals surface area contributed by atoms with Crippen molar-refractivity contribution in [2.24, 2.45) is 0 Å². The van der Waals surface area contributed by atoms with Crippen LogP contribution in [-0.2, 0) is 0 Å². The normalized spacial score (nSPS) is 11.1. The summed E-state index contributed by atoms with van der Waals surface area (Å²) in [5, 5.41) is 0. The summed E-state index contributed by atoms with van der Waals surface area (Å²) in [5.74, 6) is 0.635. The van der Waals surface area contributed by atoms with Crippen molar-refractivity contribution in [2.75, 3.05) is 5.73 Å². The number of nitrogens with two attached hydrogens (primary N) is 1. The predicted molar refractivity (Wildman–Crippen MR) is 69.4 cm³/mol. The van der Waals surface area contributed by atoms with E-state index < -0.39 is 0 Å². The van der Waals surface area contributed by atoms with Gasteiger partial charge in [0.05, 0.1) is 8.66 Å². The van der Waals surface area contributed by atoms with Crippen LogP contribution in [0.4, 0.5) is 5.69 Å². The highest BCUT2D eigenvalue weighted by Gasteiger charge is 2.10. The zero-order chi connectivity index (χ0) is 11.1. The minimum absolute atomic E-state index is 0.635. The van der Waals surface area contributed by atoms with E-state index in [-0.39, 0.29) is 0 Å². The molecule has 1 aromatic carbocycles. The summed E-state index contributed by atoms with van der Waals surface area (Å²) in [6, 6.07) is 9.41. The number of fused-ring (bicyclic) bond motifs is 1. The maximum absolute atomic E-state index is 5.69. The molecule has 80 valence electrons. The van der Waals surface area contributed by atoms with Crippen molar-refractivity contribution in [3.63, 3.8) is 0 Å². The second-order valence-corrected chi connectivity index (χ2v) is 5.81. The van der Waals surface area contributed by atoms with Crippen LogP contribution in [0, 0.1) is 0 Å². The Morgan fingerprint density at radius 2 is 2.12 bits per heavy atom. The largest absolute Gasteiger partial charge is 0.435 e. The Bertz CT molecular complexity index is 659. The van der Waals surface area contributed by atoms with Gasteiger partial charge in [-0.05, 0) is 46.3 Å². The molecule has 0 aliphatic rings. The van der Waals surface area contributed by atoms with Crippen molar-refractivity contribution in [1.82, 2.24) is 4.98 Å². The van der Waals surface area contributed by atoms with E-state index in [4.69, 9.17) is 10.2 Å². The molecule has 0 radical (unpaired) electrons. The maximum Gasteiger partial charge on any atom is 0.237 e. The van der Waals surface area contributed by atoms with Crippen molar-refractivity contribution < 1.29 is 4.42 Å². The quantitative estimate of drug-likeness (QED) is 0.693. The van der Waals surface area contributed by atoms with E-state index in [0.717, 1.165) is 19.8 Å². The Balaban J connectivity index is 2.18. The minimum atomic E-state index is 0.635. The lowest BCUT2D eigenvalue weighted by Gasteiger charge is -1.88. The molecule has 2 heterocycles. The van der Waals surface area contributed by atoms with Crippen LogP contribution >= 0.6 is 27.3 Å². The van der Waals surface area contributed by atoms with Crippen LogP contribution in [-0.4, -0.2) is 4.98 Å². The first-order valence-electron chi connectivity index (χ1n) is 4.64. The number of thiophene rings is 1. The summed E-state index contributed by atoms with van der Waals surface area (Å²) in [6.07, 6.45) is 0. The predicted octanol–water partition coefficient (Wildman–Crippen LogP) is 3.90. The molecule has 3 rings (SSSR count). The number of oxazole rings is 1. The van der Waals surface area contributed by atoms with Crippen LogP contribution in [0.1, 0.15) is 0 Å². The molecule has 0 saturated heterocycles. The highest BCUT2D eigenvalue weighted by Crippen LogP contribution is 2.32. The van der Waals surface area contributed by atoms with Crippen LogP contribution in [0.15, 0.2) is 38.5 Å². The molecule has 0 atom stereocenters. The van der Waals surface area contributed by atoms with Crippen LogP contribution in [0.3, 0.4) is 0 Å². The Morgan fingerprint density at radius 1 is 1.25 bits per heavy atom. The molecule has 0 unspecified atom stereocenters. The van der Waals surface area contributed by atoms with Crippen molar-refractivity contribution >= 4 is 44.1 Å². The highest BCUT2D eigenvalue weighted by atomic mass is 79.9. The lowest BCUT2D eigenvalue weighted by molar-refractivity contribution is 0.621. The van der Waals surface area contributed by atoms with Gasteiger partial charge >= 0.3 is 0 Å².